The van der Waals surface area contributed by atoms with Crippen molar-refractivity contribution in [2.45, 2.75) is 31.7 Å². The number of rotatable bonds is 5. The summed E-state index contributed by atoms with van der Waals surface area (Å²) in [5, 5.41) is 4.33. The lowest BCUT2D eigenvalue weighted by Crippen LogP contribution is -2.38. The number of hydrogen-bond acceptors (Lipinski definition) is 2. The Bertz CT molecular complexity index is 916. The Labute approximate surface area is 160 Å². The lowest BCUT2D eigenvalue weighted by Gasteiger charge is -2.34. The van der Waals surface area contributed by atoms with E-state index in [-0.39, 0.29) is 11.8 Å². The minimum atomic E-state index is 0.196. The number of carbonyl (C=O) groups is 1. The van der Waals surface area contributed by atoms with E-state index in [1.165, 1.54) is 22.3 Å². The Hall–Kier alpha value is -2.88. The summed E-state index contributed by atoms with van der Waals surface area (Å²) in [5.74, 6) is 0.441. The van der Waals surface area contributed by atoms with Gasteiger partial charge in [0, 0.05) is 38.7 Å². The Morgan fingerprint density at radius 2 is 1.89 bits per heavy atom. The smallest absolute Gasteiger partial charge is 0.222 e. The highest BCUT2D eigenvalue weighted by atomic mass is 16.2. The average molecular weight is 359 g/mol. The number of hydrogen-bond donors (Lipinski definition) is 0. The maximum atomic E-state index is 12.9. The van der Waals surface area contributed by atoms with Gasteiger partial charge < -0.3 is 4.90 Å². The van der Waals surface area contributed by atoms with Crippen molar-refractivity contribution in [1.29, 1.82) is 0 Å². The van der Waals surface area contributed by atoms with Crippen molar-refractivity contribution in [2.24, 2.45) is 7.05 Å². The summed E-state index contributed by atoms with van der Waals surface area (Å²) in [4.78, 5) is 14.9. The average Bonchev–Trinajstić information content (AvgIpc) is 3.14. The van der Waals surface area contributed by atoms with Crippen LogP contribution in [0.15, 0.2) is 67.0 Å². The van der Waals surface area contributed by atoms with Gasteiger partial charge in [-0.15, -0.1) is 0 Å². The standard InChI is InChI=1S/C23H25N3O/c1-25-15-20(14-24-25)22-17-26(16-19-11-5-6-12-21(19)22)23(27)13-7-10-18-8-3-2-4-9-18/h2-6,8-9,11-12,14-15,22H,7,10,13,16-17H2,1H3. The first kappa shape index (κ1) is 17.5. The van der Waals surface area contributed by atoms with E-state index in [0.29, 0.717) is 13.0 Å². The topological polar surface area (TPSA) is 38.1 Å². The number of amides is 1. The van der Waals surface area contributed by atoms with E-state index < -0.39 is 0 Å². The van der Waals surface area contributed by atoms with Crippen molar-refractivity contribution in [3.8, 4) is 0 Å². The molecule has 0 saturated heterocycles. The number of carbonyl (C=O) groups excluding carboxylic acids is 1. The van der Waals surface area contributed by atoms with Crippen molar-refractivity contribution in [3.63, 3.8) is 0 Å². The van der Waals surface area contributed by atoms with Gasteiger partial charge in [0.2, 0.25) is 5.91 Å². The highest BCUT2D eigenvalue weighted by molar-refractivity contribution is 5.76. The Kier molecular flexibility index (Phi) is 5.05. The van der Waals surface area contributed by atoms with E-state index in [1.807, 2.05) is 28.9 Å². The summed E-state index contributed by atoms with van der Waals surface area (Å²) >= 11 is 0. The Balaban J connectivity index is 1.46. The molecule has 3 aromatic rings. The van der Waals surface area contributed by atoms with E-state index in [0.717, 1.165) is 19.4 Å². The molecule has 27 heavy (non-hydrogen) atoms. The minimum Gasteiger partial charge on any atom is -0.337 e. The zero-order valence-electron chi connectivity index (χ0n) is 15.7. The number of fused-ring (bicyclic) bond motifs is 1. The van der Waals surface area contributed by atoms with E-state index >= 15 is 0 Å². The van der Waals surface area contributed by atoms with Crippen LogP contribution in [0.2, 0.25) is 0 Å². The van der Waals surface area contributed by atoms with E-state index in [9.17, 15) is 4.79 Å². The summed E-state index contributed by atoms with van der Waals surface area (Å²) in [5.41, 5.74) is 5.03. The van der Waals surface area contributed by atoms with Crippen LogP contribution in [0, 0.1) is 0 Å². The van der Waals surface area contributed by atoms with Crippen LogP contribution in [-0.2, 0) is 24.8 Å². The quantitative estimate of drug-likeness (QED) is 0.692. The molecule has 4 heteroatoms. The molecule has 0 aliphatic carbocycles. The van der Waals surface area contributed by atoms with Gasteiger partial charge in [-0.05, 0) is 35.1 Å². The summed E-state index contributed by atoms with van der Waals surface area (Å²) in [7, 11) is 1.94. The predicted octanol–water partition coefficient (Wildman–Crippen LogP) is 3.92. The van der Waals surface area contributed by atoms with Gasteiger partial charge in [0.25, 0.3) is 0 Å². The predicted molar refractivity (Wildman–Crippen MR) is 106 cm³/mol. The van der Waals surface area contributed by atoms with E-state index in [1.54, 1.807) is 0 Å². The lowest BCUT2D eigenvalue weighted by molar-refractivity contribution is -0.132. The first-order chi connectivity index (χ1) is 13.2. The van der Waals surface area contributed by atoms with Crippen LogP contribution in [0.4, 0.5) is 0 Å². The maximum Gasteiger partial charge on any atom is 0.222 e. The molecular formula is C23H25N3O. The molecule has 1 aliphatic rings. The molecule has 1 unspecified atom stereocenters. The molecule has 4 nitrogen and oxygen atoms in total. The third-order valence-electron chi connectivity index (χ3n) is 5.37. The van der Waals surface area contributed by atoms with Crippen LogP contribution in [0.1, 0.15) is 41.0 Å². The third kappa shape index (κ3) is 3.95. The second-order valence-corrected chi connectivity index (χ2v) is 7.31. The van der Waals surface area contributed by atoms with Gasteiger partial charge >= 0.3 is 0 Å². The van der Waals surface area contributed by atoms with Crippen LogP contribution in [-0.4, -0.2) is 27.1 Å². The monoisotopic (exact) mass is 359 g/mol. The van der Waals surface area contributed by atoms with Gasteiger partial charge in [0.15, 0.2) is 0 Å². The number of aryl methyl sites for hydroxylation is 2. The molecule has 0 radical (unpaired) electrons. The molecule has 1 aromatic heterocycles. The van der Waals surface area contributed by atoms with Crippen LogP contribution < -0.4 is 0 Å². The fraction of sp³-hybridized carbons (Fsp3) is 0.304. The number of aromatic nitrogens is 2. The highest BCUT2D eigenvalue weighted by Gasteiger charge is 2.29. The Morgan fingerprint density at radius 3 is 2.67 bits per heavy atom. The van der Waals surface area contributed by atoms with Gasteiger partial charge in [0.1, 0.15) is 0 Å². The first-order valence-corrected chi connectivity index (χ1v) is 9.59. The zero-order valence-corrected chi connectivity index (χ0v) is 15.7. The van der Waals surface area contributed by atoms with Crippen LogP contribution in [0.25, 0.3) is 0 Å². The summed E-state index contributed by atoms with van der Waals surface area (Å²) in [6.07, 6.45) is 6.41. The molecule has 0 fully saturated rings. The summed E-state index contributed by atoms with van der Waals surface area (Å²) in [6, 6.07) is 18.8. The zero-order chi connectivity index (χ0) is 18.6. The van der Waals surface area contributed by atoms with Crippen LogP contribution in [0.5, 0.6) is 0 Å². The normalized spacial score (nSPS) is 16.2. The molecule has 138 valence electrons. The van der Waals surface area contributed by atoms with Gasteiger partial charge in [-0.1, -0.05) is 54.6 Å². The molecular weight excluding hydrogens is 334 g/mol. The van der Waals surface area contributed by atoms with Gasteiger partial charge in [0.05, 0.1) is 6.20 Å². The fourth-order valence-corrected chi connectivity index (χ4v) is 3.95. The van der Waals surface area contributed by atoms with Gasteiger partial charge in [-0.2, -0.15) is 5.10 Å². The fourth-order valence-electron chi connectivity index (χ4n) is 3.95. The second kappa shape index (κ2) is 7.78. The molecule has 0 N–H and O–H groups in total. The van der Waals surface area contributed by atoms with Crippen molar-refractivity contribution >= 4 is 5.91 Å². The number of benzene rings is 2. The largest absolute Gasteiger partial charge is 0.337 e. The van der Waals surface area contributed by atoms with E-state index in [2.05, 4.69) is 59.8 Å². The molecule has 1 atom stereocenters. The van der Waals surface area contributed by atoms with Crippen LogP contribution >= 0.6 is 0 Å². The van der Waals surface area contributed by atoms with E-state index in [4.69, 9.17) is 0 Å². The highest BCUT2D eigenvalue weighted by Crippen LogP contribution is 2.33. The molecule has 2 heterocycles. The van der Waals surface area contributed by atoms with Gasteiger partial charge in [-0.3, -0.25) is 9.48 Å². The van der Waals surface area contributed by atoms with Crippen molar-refractivity contribution < 1.29 is 4.79 Å². The SMILES string of the molecule is Cn1cc(C2CN(C(=O)CCCc3ccccc3)Cc3ccccc32)cn1. The van der Waals surface area contributed by atoms with Crippen molar-refractivity contribution in [2.75, 3.05) is 6.54 Å². The first-order valence-electron chi connectivity index (χ1n) is 9.59. The minimum absolute atomic E-state index is 0.196. The second-order valence-electron chi connectivity index (χ2n) is 7.31. The lowest BCUT2D eigenvalue weighted by atomic mass is 9.86. The van der Waals surface area contributed by atoms with Crippen molar-refractivity contribution in [1.82, 2.24) is 14.7 Å². The van der Waals surface area contributed by atoms with Crippen LogP contribution in [0.3, 0.4) is 0 Å². The molecule has 0 spiro atoms. The van der Waals surface area contributed by atoms with Gasteiger partial charge in [-0.25, -0.2) is 0 Å². The Morgan fingerprint density at radius 1 is 1.11 bits per heavy atom. The molecule has 0 saturated carbocycles. The summed E-state index contributed by atoms with van der Waals surface area (Å²) in [6.45, 7) is 1.43. The molecule has 0 bridgehead atoms. The molecule has 1 aliphatic heterocycles. The summed E-state index contributed by atoms with van der Waals surface area (Å²) < 4.78 is 1.83. The maximum absolute atomic E-state index is 12.9. The molecule has 4 rings (SSSR count). The number of nitrogens with zero attached hydrogens (tertiary/aromatic N) is 3. The third-order valence-corrected chi connectivity index (χ3v) is 5.37. The molecule has 2 aromatic carbocycles. The molecule has 1 amide bonds. The van der Waals surface area contributed by atoms with Crippen molar-refractivity contribution in [3.05, 3.63) is 89.2 Å².